The van der Waals surface area contributed by atoms with Crippen LogP contribution in [0.15, 0.2) is 79.1 Å². The van der Waals surface area contributed by atoms with Gasteiger partial charge in [-0.1, -0.05) is 38.1 Å². The summed E-state index contributed by atoms with van der Waals surface area (Å²) in [7, 11) is 0. The molecule has 1 amide bonds. The molecule has 39 heavy (non-hydrogen) atoms. The highest BCUT2D eigenvalue weighted by molar-refractivity contribution is 6.09. The average Bonchev–Trinajstić information content (AvgIpc) is 3.31. The number of carbonyl (C=O) groups is 1. The van der Waals surface area contributed by atoms with E-state index < -0.39 is 34.6 Å². The van der Waals surface area contributed by atoms with Gasteiger partial charge in [0.05, 0.1) is 28.9 Å². The molecule has 202 valence electrons. The van der Waals surface area contributed by atoms with Gasteiger partial charge in [-0.05, 0) is 48.0 Å². The number of rotatable bonds is 5. The minimum Gasteiger partial charge on any atom is -0.392 e. The molecule has 2 N–H and O–H groups in total. The average molecular weight is 540 g/mol. The van der Waals surface area contributed by atoms with E-state index in [2.05, 4.69) is 20.4 Å². The van der Waals surface area contributed by atoms with Crippen molar-refractivity contribution >= 4 is 22.6 Å². The van der Waals surface area contributed by atoms with Crippen LogP contribution in [0, 0.1) is 5.82 Å². The molecule has 2 aromatic heterocycles. The van der Waals surface area contributed by atoms with Crippen LogP contribution >= 0.6 is 0 Å². The molecule has 0 saturated heterocycles. The maximum absolute atomic E-state index is 14.9. The molecular formula is C28H25F4N5O2. The number of benzene rings is 3. The smallest absolute Gasteiger partial charge is 0.392 e. The molecule has 5 rings (SSSR count). The monoisotopic (exact) mass is 539 g/mol. The summed E-state index contributed by atoms with van der Waals surface area (Å²) >= 11 is 0. The molecule has 5 aromatic rings. The van der Waals surface area contributed by atoms with E-state index >= 15 is 0 Å². The second kappa shape index (κ2) is 11.4. The molecular weight excluding hydrogens is 514 g/mol. The van der Waals surface area contributed by atoms with Gasteiger partial charge in [0.15, 0.2) is 5.82 Å². The lowest BCUT2D eigenvalue weighted by atomic mass is 10.0. The lowest BCUT2D eigenvalue weighted by molar-refractivity contribution is -0.137. The maximum atomic E-state index is 14.9. The van der Waals surface area contributed by atoms with E-state index in [0.29, 0.717) is 22.2 Å². The first kappa shape index (κ1) is 27.4. The molecule has 0 unspecified atom stereocenters. The topological polar surface area (TPSA) is 92.9 Å². The summed E-state index contributed by atoms with van der Waals surface area (Å²) in [5, 5.41) is 17.1. The van der Waals surface area contributed by atoms with Crippen molar-refractivity contribution in [2.75, 3.05) is 5.32 Å². The molecule has 7 nitrogen and oxygen atoms in total. The van der Waals surface area contributed by atoms with E-state index in [1.165, 1.54) is 23.1 Å². The van der Waals surface area contributed by atoms with Gasteiger partial charge in [0, 0.05) is 24.8 Å². The number of nitrogens with one attached hydrogen (secondary N) is 1. The fraction of sp³-hybridized carbons (Fsp3) is 0.143. The summed E-state index contributed by atoms with van der Waals surface area (Å²) in [4.78, 5) is 21.0. The van der Waals surface area contributed by atoms with Gasteiger partial charge in [-0.3, -0.25) is 4.79 Å². The first-order valence-electron chi connectivity index (χ1n) is 11.9. The fourth-order valence-electron chi connectivity index (χ4n) is 3.89. The molecule has 0 saturated carbocycles. The molecule has 0 bridgehead atoms. The quantitative estimate of drug-likeness (QED) is 0.244. The Bertz CT molecular complexity index is 1610. The standard InChI is InChI=1S/C26H17F4N5O2.C2H6.H2/c27-21-13-20(26(28,29)30)18(23-31-9-4-10-32-23)12-19(21)25(37)33-24-17-8-7-15(14-36)11-22(17)34-35(24)16-5-2-1-3-6-16;1-2;/h1-13,36H,14H2,(H,33,37);1-2H3;1H. The van der Waals surface area contributed by atoms with Crippen LogP contribution in [0.2, 0.25) is 0 Å². The molecule has 0 aliphatic rings. The first-order chi connectivity index (χ1) is 18.8. The van der Waals surface area contributed by atoms with Crippen LogP contribution in [-0.2, 0) is 12.8 Å². The summed E-state index contributed by atoms with van der Waals surface area (Å²) in [6.45, 7) is 3.77. The number of fused-ring (bicyclic) bond motifs is 1. The Balaban J connectivity index is 0.00000144. The summed E-state index contributed by atoms with van der Waals surface area (Å²) in [6.07, 6.45) is -2.41. The van der Waals surface area contributed by atoms with Crippen molar-refractivity contribution in [3.05, 3.63) is 102 Å². The number of aliphatic hydroxyl groups excluding tert-OH is 1. The van der Waals surface area contributed by atoms with E-state index in [-0.39, 0.29) is 25.7 Å². The number of amides is 1. The molecule has 0 radical (unpaired) electrons. The van der Waals surface area contributed by atoms with E-state index in [1.54, 1.807) is 48.5 Å². The van der Waals surface area contributed by atoms with E-state index in [4.69, 9.17) is 0 Å². The van der Waals surface area contributed by atoms with E-state index in [1.807, 2.05) is 13.8 Å². The molecule has 11 heteroatoms. The van der Waals surface area contributed by atoms with Gasteiger partial charge < -0.3 is 10.4 Å². The van der Waals surface area contributed by atoms with Crippen molar-refractivity contribution in [2.24, 2.45) is 0 Å². The van der Waals surface area contributed by atoms with Gasteiger partial charge in [-0.15, -0.1) is 0 Å². The van der Waals surface area contributed by atoms with Gasteiger partial charge in [-0.25, -0.2) is 19.0 Å². The number of anilines is 1. The Morgan fingerprint density at radius 1 is 1.00 bits per heavy atom. The molecule has 0 aliphatic carbocycles. The zero-order chi connectivity index (χ0) is 28.2. The highest BCUT2D eigenvalue weighted by atomic mass is 19.4. The lowest BCUT2D eigenvalue weighted by Crippen LogP contribution is -2.18. The number of hydrogen-bond donors (Lipinski definition) is 2. The maximum Gasteiger partial charge on any atom is 0.417 e. The Kier molecular flexibility index (Phi) is 8.01. The van der Waals surface area contributed by atoms with Gasteiger partial charge in [-0.2, -0.15) is 18.3 Å². The normalized spacial score (nSPS) is 11.2. The van der Waals surface area contributed by atoms with Gasteiger partial charge >= 0.3 is 6.18 Å². The molecule has 0 atom stereocenters. The van der Waals surface area contributed by atoms with Crippen LogP contribution in [-0.4, -0.2) is 30.8 Å². The van der Waals surface area contributed by atoms with Gasteiger partial charge in [0.1, 0.15) is 11.6 Å². The van der Waals surface area contributed by atoms with Gasteiger partial charge in [0.25, 0.3) is 5.91 Å². The molecule has 2 heterocycles. The predicted molar refractivity (Wildman–Crippen MR) is 141 cm³/mol. The number of aromatic nitrogens is 4. The number of alkyl halides is 3. The van der Waals surface area contributed by atoms with Crippen molar-refractivity contribution in [1.82, 2.24) is 19.7 Å². The highest BCUT2D eigenvalue weighted by Crippen LogP contribution is 2.38. The highest BCUT2D eigenvalue weighted by Gasteiger charge is 2.36. The molecule has 0 spiro atoms. The van der Waals surface area contributed by atoms with Crippen LogP contribution in [0.4, 0.5) is 23.4 Å². The summed E-state index contributed by atoms with van der Waals surface area (Å²) in [6, 6.07) is 16.2. The molecule has 3 aromatic carbocycles. The number of para-hydroxylation sites is 1. The van der Waals surface area contributed by atoms with Crippen molar-refractivity contribution in [3.8, 4) is 17.1 Å². The minimum atomic E-state index is -4.91. The second-order valence-corrected chi connectivity index (χ2v) is 8.01. The SMILES string of the molecule is CC.O=C(Nc1c2ccc(CO)cc2nn1-c1ccccc1)c1cc(-c2ncccn2)c(C(F)(F)F)cc1F.[HH]. The fourth-order valence-corrected chi connectivity index (χ4v) is 3.89. The largest absolute Gasteiger partial charge is 0.417 e. The Morgan fingerprint density at radius 3 is 2.33 bits per heavy atom. The second-order valence-electron chi connectivity index (χ2n) is 8.01. The molecule has 0 aliphatic heterocycles. The number of nitrogens with zero attached hydrogens (tertiary/aromatic N) is 4. The Morgan fingerprint density at radius 2 is 1.69 bits per heavy atom. The van der Waals surface area contributed by atoms with Crippen LogP contribution in [0.1, 0.15) is 36.8 Å². The van der Waals surface area contributed by atoms with E-state index in [0.717, 1.165) is 6.07 Å². The van der Waals surface area contributed by atoms with Crippen molar-refractivity contribution in [1.29, 1.82) is 0 Å². The first-order valence-corrected chi connectivity index (χ1v) is 11.9. The minimum absolute atomic E-state index is 0. The third-order valence-corrected chi connectivity index (χ3v) is 5.62. The van der Waals surface area contributed by atoms with Crippen LogP contribution in [0.25, 0.3) is 28.0 Å². The summed E-state index contributed by atoms with van der Waals surface area (Å²) in [5.74, 6) is -2.48. The number of hydrogen-bond acceptors (Lipinski definition) is 5. The third-order valence-electron chi connectivity index (χ3n) is 5.62. The van der Waals surface area contributed by atoms with Crippen LogP contribution in [0.5, 0.6) is 0 Å². The number of carbonyl (C=O) groups excluding carboxylic acids is 1. The Hall–Kier alpha value is -4.64. The predicted octanol–water partition coefficient (Wildman–Crippen LogP) is 6.66. The van der Waals surface area contributed by atoms with Crippen molar-refractivity contribution < 1.29 is 28.9 Å². The van der Waals surface area contributed by atoms with Crippen LogP contribution in [0.3, 0.4) is 0 Å². The van der Waals surface area contributed by atoms with Gasteiger partial charge in [0.2, 0.25) is 0 Å². The number of halogens is 4. The third kappa shape index (κ3) is 5.63. The summed E-state index contributed by atoms with van der Waals surface area (Å²) in [5.41, 5.74) is -0.860. The van der Waals surface area contributed by atoms with Crippen molar-refractivity contribution in [2.45, 2.75) is 26.6 Å². The number of aliphatic hydroxyl groups is 1. The molecule has 0 fully saturated rings. The van der Waals surface area contributed by atoms with Crippen LogP contribution < -0.4 is 5.32 Å². The zero-order valence-electron chi connectivity index (χ0n) is 20.9. The van der Waals surface area contributed by atoms with Crippen molar-refractivity contribution in [3.63, 3.8) is 0 Å². The Labute approximate surface area is 222 Å². The van der Waals surface area contributed by atoms with E-state index in [9.17, 15) is 27.5 Å². The summed E-state index contributed by atoms with van der Waals surface area (Å²) < 4.78 is 57.4. The lowest BCUT2D eigenvalue weighted by Gasteiger charge is -2.15. The zero-order valence-corrected chi connectivity index (χ0v) is 20.9.